The smallest absolute Gasteiger partial charge is 0.270 e. The number of amides is 1. The average Bonchev–Trinajstić information content (AvgIpc) is 3.13. The molecule has 2 saturated heterocycles. The third-order valence-corrected chi connectivity index (χ3v) is 4.30. The Morgan fingerprint density at radius 3 is 3.17 bits per heavy atom. The Morgan fingerprint density at radius 1 is 1.42 bits per heavy atom. The molecule has 2 aromatic rings. The quantitative estimate of drug-likeness (QED) is 0.870. The molecule has 2 aliphatic heterocycles. The number of carbonyl (C=O) groups is 1. The Kier molecular flexibility index (Phi) is 3.75. The second kappa shape index (κ2) is 5.80. The SMILES string of the molecule is CC1(C)OC2CCOC(CNC(=O)c3ccc4[nH]cnc4n3)C2O1. The van der Waals surface area contributed by atoms with E-state index in [1.165, 1.54) is 0 Å². The van der Waals surface area contributed by atoms with Gasteiger partial charge in [0, 0.05) is 13.2 Å². The molecule has 4 heterocycles. The maximum atomic E-state index is 12.3. The van der Waals surface area contributed by atoms with Crippen LogP contribution in [0.2, 0.25) is 0 Å². The van der Waals surface area contributed by atoms with Crippen molar-refractivity contribution in [1.82, 2.24) is 20.3 Å². The average molecular weight is 332 g/mol. The van der Waals surface area contributed by atoms with Crippen molar-refractivity contribution >= 4 is 17.1 Å². The zero-order valence-corrected chi connectivity index (χ0v) is 13.6. The van der Waals surface area contributed by atoms with E-state index < -0.39 is 5.79 Å². The fraction of sp³-hybridized carbons (Fsp3) is 0.562. The number of rotatable bonds is 3. The first-order valence-corrected chi connectivity index (χ1v) is 8.07. The number of hydrogen-bond donors (Lipinski definition) is 2. The van der Waals surface area contributed by atoms with Gasteiger partial charge in [0.1, 0.15) is 17.9 Å². The van der Waals surface area contributed by atoms with Gasteiger partial charge in [-0.15, -0.1) is 0 Å². The van der Waals surface area contributed by atoms with E-state index in [1.54, 1.807) is 18.5 Å². The molecule has 0 saturated carbocycles. The highest BCUT2D eigenvalue weighted by molar-refractivity contribution is 5.93. The molecule has 2 N–H and O–H groups in total. The predicted octanol–water partition coefficient (Wildman–Crippen LogP) is 0.997. The van der Waals surface area contributed by atoms with Crippen molar-refractivity contribution in [2.45, 2.75) is 44.4 Å². The molecule has 0 bridgehead atoms. The molecule has 2 aliphatic rings. The summed E-state index contributed by atoms with van der Waals surface area (Å²) in [4.78, 5) is 23.6. The van der Waals surface area contributed by atoms with E-state index in [1.807, 2.05) is 13.8 Å². The van der Waals surface area contributed by atoms with Crippen LogP contribution in [0.3, 0.4) is 0 Å². The normalized spacial score (nSPS) is 28.7. The Morgan fingerprint density at radius 2 is 2.29 bits per heavy atom. The predicted molar refractivity (Wildman–Crippen MR) is 84.4 cm³/mol. The number of carbonyl (C=O) groups excluding carboxylic acids is 1. The van der Waals surface area contributed by atoms with Crippen LogP contribution < -0.4 is 5.32 Å². The van der Waals surface area contributed by atoms with Gasteiger partial charge in [-0.25, -0.2) is 9.97 Å². The van der Waals surface area contributed by atoms with E-state index in [4.69, 9.17) is 14.2 Å². The largest absolute Gasteiger partial charge is 0.373 e. The van der Waals surface area contributed by atoms with Crippen molar-refractivity contribution in [2.75, 3.05) is 13.2 Å². The van der Waals surface area contributed by atoms with Crippen LogP contribution in [0.25, 0.3) is 11.2 Å². The van der Waals surface area contributed by atoms with Crippen LogP contribution in [-0.4, -0.2) is 58.1 Å². The highest BCUT2D eigenvalue weighted by Gasteiger charge is 2.47. The maximum absolute atomic E-state index is 12.3. The number of aromatic amines is 1. The van der Waals surface area contributed by atoms with Crippen LogP contribution in [0.1, 0.15) is 30.8 Å². The number of hydrogen-bond acceptors (Lipinski definition) is 6. The minimum absolute atomic E-state index is 0.00850. The number of nitrogens with zero attached hydrogens (tertiary/aromatic N) is 2. The lowest BCUT2D eigenvalue weighted by Gasteiger charge is -2.31. The van der Waals surface area contributed by atoms with Gasteiger partial charge in [0.25, 0.3) is 5.91 Å². The summed E-state index contributed by atoms with van der Waals surface area (Å²) in [6.45, 7) is 4.73. The number of nitrogens with one attached hydrogen (secondary N) is 2. The number of aromatic nitrogens is 3. The van der Waals surface area contributed by atoms with Crippen LogP contribution in [0.15, 0.2) is 18.5 Å². The second-order valence-electron chi connectivity index (χ2n) is 6.52. The summed E-state index contributed by atoms with van der Waals surface area (Å²) in [6.07, 6.45) is 1.96. The van der Waals surface area contributed by atoms with Crippen molar-refractivity contribution in [3.63, 3.8) is 0 Å². The van der Waals surface area contributed by atoms with Crippen molar-refractivity contribution in [3.8, 4) is 0 Å². The first-order chi connectivity index (χ1) is 11.5. The molecular weight excluding hydrogens is 312 g/mol. The molecule has 3 unspecified atom stereocenters. The molecule has 4 rings (SSSR count). The first kappa shape index (κ1) is 15.5. The molecule has 0 aliphatic carbocycles. The van der Waals surface area contributed by atoms with Gasteiger partial charge < -0.3 is 24.5 Å². The van der Waals surface area contributed by atoms with Crippen LogP contribution in [0.4, 0.5) is 0 Å². The number of pyridine rings is 1. The topological polar surface area (TPSA) is 98.4 Å². The lowest BCUT2D eigenvalue weighted by molar-refractivity contribution is -0.153. The Hall–Kier alpha value is -2.03. The van der Waals surface area contributed by atoms with Gasteiger partial charge in [0.15, 0.2) is 11.4 Å². The highest BCUT2D eigenvalue weighted by atomic mass is 16.8. The molecule has 0 aromatic carbocycles. The van der Waals surface area contributed by atoms with Crippen LogP contribution in [-0.2, 0) is 14.2 Å². The molecule has 128 valence electrons. The van der Waals surface area contributed by atoms with E-state index in [2.05, 4.69) is 20.3 Å². The highest BCUT2D eigenvalue weighted by Crippen LogP contribution is 2.34. The summed E-state index contributed by atoms with van der Waals surface area (Å²) in [5.74, 6) is -0.874. The number of ether oxygens (including phenoxy) is 3. The maximum Gasteiger partial charge on any atom is 0.270 e. The van der Waals surface area contributed by atoms with Gasteiger partial charge in [-0.05, 0) is 32.4 Å². The standard InChI is InChI=1S/C16H20N4O4/c1-16(2)23-11-5-6-22-12(13(11)24-16)7-17-15(21)10-4-3-9-14(20-10)19-8-18-9/h3-4,8,11-13H,5-7H2,1-2H3,(H,17,21)(H,18,19,20). The third-order valence-electron chi connectivity index (χ3n) is 4.30. The number of imidazole rings is 1. The van der Waals surface area contributed by atoms with Crippen LogP contribution in [0.5, 0.6) is 0 Å². The molecule has 0 spiro atoms. The van der Waals surface area contributed by atoms with Crippen LogP contribution >= 0.6 is 0 Å². The van der Waals surface area contributed by atoms with E-state index >= 15 is 0 Å². The Bertz CT molecular complexity index is 759. The van der Waals surface area contributed by atoms with Crippen molar-refractivity contribution in [1.29, 1.82) is 0 Å². The molecule has 2 aromatic heterocycles. The molecule has 1 amide bonds. The van der Waals surface area contributed by atoms with Gasteiger partial charge >= 0.3 is 0 Å². The molecular formula is C16H20N4O4. The van der Waals surface area contributed by atoms with Crippen molar-refractivity contribution in [3.05, 3.63) is 24.2 Å². The fourth-order valence-corrected chi connectivity index (χ4v) is 3.24. The Labute approximate surface area is 138 Å². The van der Waals surface area contributed by atoms with Gasteiger partial charge in [-0.1, -0.05) is 0 Å². The fourth-order valence-electron chi connectivity index (χ4n) is 3.24. The molecule has 3 atom stereocenters. The summed E-state index contributed by atoms with van der Waals surface area (Å²) in [7, 11) is 0. The Balaban J connectivity index is 1.41. The zero-order chi connectivity index (χ0) is 16.7. The van der Waals surface area contributed by atoms with Gasteiger partial charge in [-0.3, -0.25) is 4.79 Å². The first-order valence-electron chi connectivity index (χ1n) is 8.07. The molecule has 0 radical (unpaired) electrons. The summed E-state index contributed by atoms with van der Waals surface area (Å²) in [5.41, 5.74) is 1.64. The van der Waals surface area contributed by atoms with E-state index in [9.17, 15) is 4.79 Å². The van der Waals surface area contributed by atoms with E-state index in [-0.39, 0.29) is 24.2 Å². The van der Waals surface area contributed by atoms with Gasteiger partial charge in [0.2, 0.25) is 0 Å². The third kappa shape index (κ3) is 2.88. The minimum Gasteiger partial charge on any atom is -0.373 e. The molecule has 8 nitrogen and oxygen atoms in total. The molecule has 8 heteroatoms. The van der Waals surface area contributed by atoms with E-state index in [0.717, 1.165) is 11.9 Å². The monoisotopic (exact) mass is 332 g/mol. The van der Waals surface area contributed by atoms with E-state index in [0.29, 0.717) is 24.5 Å². The number of H-pyrrole nitrogens is 1. The van der Waals surface area contributed by atoms with Gasteiger partial charge in [0.05, 0.1) is 17.9 Å². The van der Waals surface area contributed by atoms with Gasteiger partial charge in [-0.2, -0.15) is 0 Å². The van der Waals surface area contributed by atoms with Crippen molar-refractivity contribution < 1.29 is 19.0 Å². The lowest BCUT2D eigenvalue weighted by Crippen LogP contribution is -2.48. The zero-order valence-electron chi connectivity index (χ0n) is 13.6. The second-order valence-corrected chi connectivity index (χ2v) is 6.52. The van der Waals surface area contributed by atoms with Crippen molar-refractivity contribution in [2.24, 2.45) is 0 Å². The summed E-state index contributed by atoms with van der Waals surface area (Å²) in [6, 6.07) is 3.45. The summed E-state index contributed by atoms with van der Waals surface area (Å²) < 4.78 is 17.6. The summed E-state index contributed by atoms with van der Waals surface area (Å²) >= 11 is 0. The molecule has 24 heavy (non-hydrogen) atoms. The molecule has 2 fully saturated rings. The summed E-state index contributed by atoms with van der Waals surface area (Å²) in [5, 5.41) is 2.87. The minimum atomic E-state index is -0.613. The van der Waals surface area contributed by atoms with Crippen LogP contribution in [0, 0.1) is 0 Å². The lowest BCUT2D eigenvalue weighted by atomic mass is 10.0. The number of fused-ring (bicyclic) bond motifs is 2.